The molecule has 3 aromatic rings. The highest BCUT2D eigenvalue weighted by Crippen LogP contribution is 2.30. The van der Waals surface area contributed by atoms with E-state index in [4.69, 9.17) is 11.6 Å². The van der Waals surface area contributed by atoms with E-state index in [1.165, 1.54) is 0 Å². The maximum absolute atomic E-state index is 12.0. The molecule has 0 atom stereocenters. The molecule has 0 bridgehead atoms. The van der Waals surface area contributed by atoms with Crippen molar-refractivity contribution in [3.63, 3.8) is 0 Å². The molecule has 2 N–H and O–H groups in total. The molecule has 0 aliphatic carbocycles. The number of nitrogens with zero attached hydrogens (tertiary/aromatic N) is 1. The van der Waals surface area contributed by atoms with Gasteiger partial charge < -0.3 is 10.3 Å². The Balaban J connectivity index is 1.69. The van der Waals surface area contributed by atoms with Crippen LogP contribution in [0.1, 0.15) is 27.3 Å². The van der Waals surface area contributed by atoms with E-state index in [0.717, 1.165) is 34.6 Å². The number of hydrogen-bond acceptors (Lipinski definition) is 2. The number of rotatable bonds is 3. The first-order valence-electron chi connectivity index (χ1n) is 8.10. The maximum Gasteiger partial charge on any atom is 0.253 e. The molecule has 0 radical (unpaired) electrons. The number of fused-ring (bicyclic) bond motifs is 1. The Kier molecular flexibility index (Phi) is 4.12. The van der Waals surface area contributed by atoms with E-state index in [-0.39, 0.29) is 5.91 Å². The quantitative estimate of drug-likeness (QED) is 0.745. The monoisotopic (exact) mass is 349 g/mol. The molecular formula is C20H16ClN3O. The molecule has 25 heavy (non-hydrogen) atoms. The predicted molar refractivity (Wildman–Crippen MR) is 100 cm³/mol. The van der Waals surface area contributed by atoms with Crippen LogP contribution >= 0.6 is 11.6 Å². The second kappa shape index (κ2) is 6.57. The summed E-state index contributed by atoms with van der Waals surface area (Å²) in [5.41, 5.74) is 5.23. The fourth-order valence-corrected chi connectivity index (χ4v) is 3.14. The summed E-state index contributed by atoms with van der Waals surface area (Å²) in [5, 5.41) is 3.40. The van der Waals surface area contributed by atoms with Crippen molar-refractivity contribution in [1.82, 2.24) is 15.3 Å². The Morgan fingerprint density at radius 2 is 1.92 bits per heavy atom. The first-order valence-corrected chi connectivity index (χ1v) is 8.47. The van der Waals surface area contributed by atoms with E-state index in [1.807, 2.05) is 54.6 Å². The lowest BCUT2D eigenvalue weighted by Gasteiger charge is -2.11. The van der Waals surface area contributed by atoms with Crippen LogP contribution < -0.4 is 5.32 Å². The molecule has 5 heteroatoms. The molecule has 0 unspecified atom stereocenters. The zero-order valence-corrected chi connectivity index (χ0v) is 14.2. The number of aromatic nitrogens is 2. The molecule has 4 rings (SSSR count). The predicted octanol–water partition coefficient (Wildman–Crippen LogP) is 4.19. The van der Waals surface area contributed by atoms with Crippen molar-refractivity contribution in [1.29, 1.82) is 0 Å². The number of hydrogen-bond donors (Lipinski definition) is 2. The molecule has 124 valence electrons. The maximum atomic E-state index is 12.0. The van der Waals surface area contributed by atoms with Crippen LogP contribution in [0.4, 0.5) is 0 Å². The van der Waals surface area contributed by atoms with Crippen molar-refractivity contribution in [2.75, 3.05) is 6.54 Å². The van der Waals surface area contributed by atoms with Gasteiger partial charge in [0, 0.05) is 36.1 Å². The zero-order valence-electron chi connectivity index (χ0n) is 13.4. The van der Waals surface area contributed by atoms with Crippen LogP contribution in [-0.2, 0) is 6.42 Å². The molecule has 4 nitrogen and oxygen atoms in total. The third-order valence-corrected chi connectivity index (χ3v) is 4.52. The van der Waals surface area contributed by atoms with E-state index in [2.05, 4.69) is 15.3 Å². The molecule has 3 heterocycles. The number of carbonyl (C=O) groups is 1. The van der Waals surface area contributed by atoms with Gasteiger partial charge in [-0.15, -0.1) is 0 Å². The highest BCUT2D eigenvalue weighted by Gasteiger charge is 2.20. The fourth-order valence-electron chi connectivity index (χ4n) is 2.94. The molecule has 0 saturated heterocycles. The number of halogens is 1. The molecule has 1 aromatic carbocycles. The van der Waals surface area contributed by atoms with Gasteiger partial charge in [0.05, 0.1) is 16.3 Å². The lowest BCUT2D eigenvalue weighted by Crippen LogP contribution is -2.31. The van der Waals surface area contributed by atoms with Crippen LogP contribution in [0.2, 0.25) is 5.02 Å². The third-order valence-electron chi connectivity index (χ3n) is 4.22. The van der Waals surface area contributed by atoms with Gasteiger partial charge in [-0.2, -0.15) is 0 Å². The molecule has 1 aliphatic heterocycles. The molecule has 2 aromatic heterocycles. The number of amides is 1. The van der Waals surface area contributed by atoms with Gasteiger partial charge in [0.1, 0.15) is 0 Å². The number of benzene rings is 1. The largest absolute Gasteiger partial charge is 0.358 e. The minimum Gasteiger partial charge on any atom is -0.358 e. The zero-order chi connectivity index (χ0) is 17.2. The van der Waals surface area contributed by atoms with Crippen molar-refractivity contribution >= 4 is 29.7 Å². The minimum atomic E-state index is -0.0434. The summed E-state index contributed by atoms with van der Waals surface area (Å²) >= 11 is 6.34. The SMILES string of the molecule is O=C1NCCc2[nH]c(-c3cc(/C=C/c4ccccc4)ncc3Cl)cc21. The molecular weight excluding hydrogens is 334 g/mol. The van der Waals surface area contributed by atoms with Gasteiger partial charge in [0.25, 0.3) is 5.91 Å². The van der Waals surface area contributed by atoms with Crippen LogP contribution in [0.25, 0.3) is 23.4 Å². The Bertz CT molecular complexity index is 960. The van der Waals surface area contributed by atoms with Crippen LogP contribution in [0, 0.1) is 0 Å². The van der Waals surface area contributed by atoms with E-state index >= 15 is 0 Å². The molecule has 0 spiro atoms. The first-order chi connectivity index (χ1) is 12.2. The number of carbonyl (C=O) groups excluding carboxylic acids is 1. The lowest BCUT2D eigenvalue weighted by atomic mass is 10.1. The second-order valence-electron chi connectivity index (χ2n) is 5.91. The smallest absolute Gasteiger partial charge is 0.253 e. The summed E-state index contributed by atoms with van der Waals surface area (Å²) < 4.78 is 0. The van der Waals surface area contributed by atoms with Crippen molar-refractivity contribution in [3.8, 4) is 11.3 Å². The Morgan fingerprint density at radius 3 is 2.72 bits per heavy atom. The third kappa shape index (κ3) is 3.21. The summed E-state index contributed by atoms with van der Waals surface area (Å²) in [6.45, 7) is 0.654. The van der Waals surface area contributed by atoms with Crippen LogP contribution in [0.5, 0.6) is 0 Å². The summed E-state index contributed by atoms with van der Waals surface area (Å²) in [6.07, 6.45) is 6.39. The average Bonchev–Trinajstić information content (AvgIpc) is 3.07. The van der Waals surface area contributed by atoms with E-state index in [9.17, 15) is 4.79 Å². The van der Waals surface area contributed by atoms with Gasteiger partial charge >= 0.3 is 0 Å². The van der Waals surface area contributed by atoms with E-state index in [1.54, 1.807) is 6.20 Å². The standard InChI is InChI=1S/C20H16ClN3O/c21-17-12-23-14(7-6-13-4-2-1-3-5-13)10-15(17)19-11-16-18(24-19)8-9-22-20(16)25/h1-7,10-12,24H,8-9H2,(H,22,25)/b7-6+. The highest BCUT2D eigenvalue weighted by molar-refractivity contribution is 6.33. The number of nitrogens with one attached hydrogen (secondary N) is 2. The second-order valence-corrected chi connectivity index (χ2v) is 6.32. The molecule has 1 aliphatic rings. The molecule has 0 saturated carbocycles. The average molecular weight is 350 g/mol. The summed E-state index contributed by atoms with van der Waals surface area (Å²) in [4.78, 5) is 19.6. The van der Waals surface area contributed by atoms with Gasteiger partial charge in [-0.3, -0.25) is 9.78 Å². The van der Waals surface area contributed by atoms with Crippen molar-refractivity contribution in [2.24, 2.45) is 0 Å². The van der Waals surface area contributed by atoms with Crippen LogP contribution in [0.15, 0.2) is 48.7 Å². The summed E-state index contributed by atoms with van der Waals surface area (Å²) in [5.74, 6) is -0.0434. The Labute approximate surface area is 150 Å². The highest BCUT2D eigenvalue weighted by atomic mass is 35.5. The van der Waals surface area contributed by atoms with E-state index in [0.29, 0.717) is 17.1 Å². The fraction of sp³-hybridized carbons (Fsp3) is 0.100. The topological polar surface area (TPSA) is 57.8 Å². The minimum absolute atomic E-state index is 0.0434. The Morgan fingerprint density at radius 1 is 1.08 bits per heavy atom. The molecule has 1 amide bonds. The number of H-pyrrole nitrogens is 1. The normalized spacial score (nSPS) is 13.7. The lowest BCUT2D eigenvalue weighted by molar-refractivity contribution is 0.0946. The van der Waals surface area contributed by atoms with Crippen molar-refractivity contribution < 1.29 is 4.79 Å². The molecule has 0 fully saturated rings. The van der Waals surface area contributed by atoms with Gasteiger partial charge in [-0.25, -0.2) is 0 Å². The van der Waals surface area contributed by atoms with Gasteiger partial charge in [-0.05, 0) is 23.8 Å². The number of aromatic amines is 1. The van der Waals surface area contributed by atoms with Gasteiger partial charge in [0.2, 0.25) is 0 Å². The van der Waals surface area contributed by atoms with Gasteiger partial charge in [0.15, 0.2) is 0 Å². The first kappa shape index (κ1) is 15.7. The van der Waals surface area contributed by atoms with E-state index < -0.39 is 0 Å². The van der Waals surface area contributed by atoms with Crippen molar-refractivity contribution in [3.05, 3.63) is 76.2 Å². The van der Waals surface area contributed by atoms with Gasteiger partial charge in [-0.1, -0.05) is 48.0 Å². The Hall–Kier alpha value is -2.85. The summed E-state index contributed by atoms with van der Waals surface area (Å²) in [7, 11) is 0. The van der Waals surface area contributed by atoms with Crippen LogP contribution in [-0.4, -0.2) is 22.4 Å². The summed E-state index contributed by atoms with van der Waals surface area (Å²) in [6, 6.07) is 13.8. The van der Waals surface area contributed by atoms with Crippen LogP contribution in [0.3, 0.4) is 0 Å². The van der Waals surface area contributed by atoms with Crippen molar-refractivity contribution in [2.45, 2.75) is 6.42 Å². The number of pyridine rings is 1.